The summed E-state index contributed by atoms with van der Waals surface area (Å²) in [4.78, 5) is 27.0. The Bertz CT molecular complexity index is 953. The monoisotopic (exact) mass is 378 g/mol. The zero-order chi connectivity index (χ0) is 19.7. The minimum absolute atomic E-state index is 0.0299. The van der Waals surface area contributed by atoms with Gasteiger partial charge in [0.2, 0.25) is 5.91 Å². The molecule has 0 aliphatic carbocycles. The largest absolute Gasteiger partial charge is 0.497 e. The number of methoxy groups -OCH3 is 1. The molecule has 0 saturated carbocycles. The first kappa shape index (κ1) is 18.1. The summed E-state index contributed by atoms with van der Waals surface area (Å²) < 4.78 is 11.2. The number of para-hydroxylation sites is 1. The van der Waals surface area contributed by atoms with Crippen LogP contribution >= 0.6 is 0 Å². The molecule has 6 nitrogen and oxygen atoms in total. The number of carbonyl (C=O) groups excluding carboxylic acids is 2. The number of anilines is 1. The molecule has 2 aromatic rings. The summed E-state index contributed by atoms with van der Waals surface area (Å²) in [6.45, 7) is 2.46. The Morgan fingerprint density at radius 3 is 2.79 bits per heavy atom. The van der Waals surface area contributed by atoms with Crippen LogP contribution < -0.4 is 14.8 Å². The fourth-order valence-electron chi connectivity index (χ4n) is 3.55. The molecule has 4 rings (SSSR count). The Morgan fingerprint density at radius 1 is 1.25 bits per heavy atom. The number of likely N-dealkylation sites (tertiary alicyclic amines) is 1. The van der Waals surface area contributed by atoms with Crippen molar-refractivity contribution in [2.24, 2.45) is 0 Å². The molecule has 28 heavy (non-hydrogen) atoms. The van der Waals surface area contributed by atoms with Crippen molar-refractivity contribution in [2.75, 3.05) is 19.0 Å². The molecule has 1 saturated heterocycles. The van der Waals surface area contributed by atoms with Gasteiger partial charge in [-0.05, 0) is 31.2 Å². The van der Waals surface area contributed by atoms with E-state index in [0.717, 1.165) is 16.9 Å². The molecule has 0 radical (unpaired) electrons. The molecule has 2 atom stereocenters. The number of nitrogens with zero attached hydrogens (tertiary/aromatic N) is 1. The SMILES string of the molecule is COc1cccc(NC(=O)C(C2=Cc3ccccc3OC2C)N2CCC2=O)c1. The standard InChI is InChI=1S/C22H22N2O4/c1-14-18(12-15-6-3-4-9-19(15)28-14)21(24-11-10-20(24)25)22(26)23-16-7-5-8-17(13-16)27-2/h3-9,12-14,21H,10-11H2,1-2H3,(H,23,26). The van der Waals surface area contributed by atoms with Crippen LogP contribution in [0, 0.1) is 0 Å². The van der Waals surface area contributed by atoms with E-state index in [9.17, 15) is 9.59 Å². The maximum Gasteiger partial charge on any atom is 0.251 e. The van der Waals surface area contributed by atoms with E-state index in [1.165, 1.54) is 0 Å². The van der Waals surface area contributed by atoms with Crippen LogP contribution in [0.4, 0.5) is 5.69 Å². The lowest BCUT2D eigenvalue weighted by Gasteiger charge is -2.40. The quantitative estimate of drug-likeness (QED) is 0.812. The smallest absolute Gasteiger partial charge is 0.251 e. The van der Waals surface area contributed by atoms with Crippen LogP contribution in [0.1, 0.15) is 18.9 Å². The van der Waals surface area contributed by atoms with Crippen LogP contribution in [0.2, 0.25) is 0 Å². The maximum atomic E-state index is 13.2. The van der Waals surface area contributed by atoms with Gasteiger partial charge in [-0.3, -0.25) is 9.59 Å². The van der Waals surface area contributed by atoms with Gasteiger partial charge >= 0.3 is 0 Å². The molecule has 0 spiro atoms. The molecule has 2 aliphatic heterocycles. The highest BCUT2D eigenvalue weighted by molar-refractivity contribution is 6.01. The van der Waals surface area contributed by atoms with Gasteiger partial charge in [0.1, 0.15) is 23.6 Å². The van der Waals surface area contributed by atoms with Gasteiger partial charge in [0.15, 0.2) is 0 Å². The van der Waals surface area contributed by atoms with E-state index in [4.69, 9.17) is 9.47 Å². The van der Waals surface area contributed by atoms with E-state index in [0.29, 0.717) is 24.4 Å². The zero-order valence-corrected chi connectivity index (χ0v) is 15.8. The van der Waals surface area contributed by atoms with Crippen LogP contribution in [0.3, 0.4) is 0 Å². The average molecular weight is 378 g/mol. The van der Waals surface area contributed by atoms with Crippen LogP contribution in [0.25, 0.3) is 6.08 Å². The third-order valence-corrected chi connectivity index (χ3v) is 5.11. The molecule has 6 heteroatoms. The normalized spacial score (nSPS) is 18.9. The minimum Gasteiger partial charge on any atom is -0.497 e. The molecule has 0 aromatic heterocycles. The van der Waals surface area contributed by atoms with Gasteiger partial charge in [-0.15, -0.1) is 0 Å². The molecule has 2 amide bonds. The highest BCUT2D eigenvalue weighted by Gasteiger charge is 2.41. The highest BCUT2D eigenvalue weighted by atomic mass is 16.5. The number of benzene rings is 2. The fraction of sp³-hybridized carbons (Fsp3) is 0.273. The molecule has 144 valence electrons. The molecule has 1 fully saturated rings. The van der Waals surface area contributed by atoms with Crippen LogP contribution in [-0.2, 0) is 9.59 Å². The van der Waals surface area contributed by atoms with E-state index >= 15 is 0 Å². The van der Waals surface area contributed by atoms with Gasteiger partial charge in [0, 0.05) is 35.9 Å². The van der Waals surface area contributed by atoms with Crippen LogP contribution in [0.15, 0.2) is 54.1 Å². The number of rotatable bonds is 5. The Balaban J connectivity index is 1.67. The van der Waals surface area contributed by atoms with Gasteiger partial charge in [0.05, 0.1) is 7.11 Å². The highest BCUT2D eigenvalue weighted by Crippen LogP contribution is 2.34. The van der Waals surface area contributed by atoms with Crippen molar-refractivity contribution < 1.29 is 19.1 Å². The van der Waals surface area contributed by atoms with Crippen molar-refractivity contribution in [3.05, 3.63) is 59.7 Å². The number of nitrogens with one attached hydrogen (secondary N) is 1. The summed E-state index contributed by atoms with van der Waals surface area (Å²) in [5.74, 6) is 1.14. The van der Waals surface area contributed by atoms with Gasteiger partial charge in [-0.1, -0.05) is 24.3 Å². The number of ether oxygens (including phenoxy) is 2. The zero-order valence-electron chi connectivity index (χ0n) is 15.8. The van der Waals surface area contributed by atoms with Gasteiger partial charge in [-0.25, -0.2) is 0 Å². The number of amides is 2. The summed E-state index contributed by atoms with van der Waals surface area (Å²) in [5.41, 5.74) is 2.29. The average Bonchev–Trinajstić information content (AvgIpc) is 2.70. The van der Waals surface area contributed by atoms with E-state index in [2.05, 4.69) is 5.32 Å². The first-order chi connectivity index (χ1) is 13.6. The van der Waals surface area contributed by atoms with E-state index in [1.807, 2.05) is 43.3 Å². The minimum atomic E-state index is -0.712. The lowest BCUT2D eigenvalue weighted by atomic mass is 9.92. The molecule has 1 N–H and O–H groups in total. The fourth-order valence-corrected chi connectivity index (χ4v) is 3.55. The van der Waals surface area contributed by atoms with Crippen molar-refractivity contribution in [1.29, 1.82) is 0 Å². The van der Waals surface area contributed by atoms with Crippen molar-refractivity contribution in [1.82, 2.24) is 4.90 Å². The Morgan fingerprint density at radius 2 is 2.07 bits per heavy atom. The van der Waals surface area contributed by atoms with Crippen molar-refractivity contribution >= 4 is 23.6 Å². The van der Waals surface area contributed by atoms with Gasteiger partial charge in [-0.2, -0.15) is 0 Å². The lowest BCUT2D eigenvalue weighted by molar-refractivity contribution is -0.146. The molecule has 2 unspecified atom stereocenters. The molecule has 2 aliphatic rings. The predicted molar refractivity (Wildman–Crippen MR) is 106 cm³/mol. The van der Waals surface area contributed by atoms with E-state index in [-0.39, 0.29) is 17.9 Å². The number of hydrogen-bond donors (Lipinski definition) is 1. The van der Waals surface area contributed by atoms with Gasteiger partial charge in [0.25, 0.3) is 5.91 Å². The first-order valence-electron chi connectivity index (χ1n) is 9.28. The van der Waals surface area contributed by atoms with Gasteiger partial charge < -0.3 is 19.7 Å². The number of hydrogen-bond acceptors (Lipinski definition) is 4. The second-order valence-corrected chi connectivity index (χ2v) is 6.90. The van der Waals surface area contributed by atoms with E-state index < -0.39 is 6.04 Å². The Labute approximate surface area is 163 Å². The summed E-state index contributed by atoms with van der Waals surface area (Å²) in [6.07, 6.45) is 2.11. The topological polar surface area (TPSA) is 67.9 Å². The second-order valence-electron chi connectivity index (χ2n) is 6.90. The molecule has 2 aromatic carbocycles. The summed E-state index contributed by atoms with van der Waals surface area (Å²) in [5, 5.41) is 2.92. The van der Waals surface area contributed by atoms with Crippen LogP contribution in [-0.4, -0.2) is 42.5 Å². The lowest BCUT2D eigenvalue weighted by Crippen LogP contribution is -2.57. The molecular weight excluding hydrogens is 356 g/mol. The molecule has 2 heterocycles. The number of fused-ring (bicyclic) bond motifs is 1. The summed E-state index contributed by atoms with van der Waals surface area (Å²) >= 11 is 0. The Kier molecular flexibility index (Phi) is 4.77. The summed E-state index contributed by atoms with van der Waals surface area (Å²) in [6, 6.07) is 14.1. The van der Waals surface area contributed by atoms with Crippen LogP contribution in [0.5, 0.6) is 11.5 Å². The Hall–Kier alpha value is -3.28. The number of carbonyl (C=O) groups is 2. The van der Waals surface area contributed by atoms with Crippen molar-refractivity contribution in [2.45, 2.75) is 25.5 Å². The van der Waals surface area contributed by atoms with E-state index in [1.54, 1.807) is 30.2 Å². The van der Waals surface area contributed by atoms with Crippen molar-refractivity contribution in [3.63, 3.8) is 0 Å². The predicted octanol–water partition coefficient (Wildman–Crippen LogP) is 3.10. The number of β-lactam (4-membered cyclic amide) rings is 1. The third kappa shape index (κ3) is 3.33. The third-order valence-electron chi connectivity index (χ3n) is 5.11. The molecule has 0 bridgehead atoms. The second kappa shape index (κ2) is 7.38. The first-order valence-corrected chi connectivity index (χ1v) is 9.28. The molecular formula is C22H22N2O4. The van der Waals surface area contributed by atoms with Crippen molar-refractivity contribution in [3.8, 4) is 11.5 Å². The maximum absolute atomic E-state index is 13.2. The summed E-state index contributed by atoms with van der Waals surface area (Å²) in [7, 11) is 1.58.